The Morgan fingerprint density at radius 2 is 2.17 bits per heavy atom. The van der Waals surface area contributed by atoms with Crippen LogP contribution < -0.4 is 10.5 Å². The van der Waals surface area contributed by atoms with E-state index in [0.717, 1.165) is 35.6 Å². The fourth-order valence-electron chi connectivity index (χ4n) is 2.95. The molecule has 1 aliphatic carbocycles. The molecule has 2 N–H and O–H groups in total. The van der Waals surface area contributed by atoms with Gasteiger partial charge in [0.25, 0.3) is 0 Å². The molecule has 0 amide bonds. The molecule has 0 fully saturated rings. The van der Waals surface area contributed by atoms with Gasteiger partial charge in [-0.1, -0.05) is 23.8 Å². The van der Waals surface area contributed by atoms with Gasteiger partial charge in [-0.25, -0.2) is 0 Å². The number of ether oxygens (including phenoxy) is 1. The molecule has 2 unspecified atom stereocenters. The van der Waals surface area contributed by atoms with Crippen LogP contribution in [0.3, 0.4) is 0 Å². The van der Waals surface area contributed by atoms with Gasteiger partial charge in [0.15, 0.2) is 0 Å². The standard InChI is InChI=1S/C15H18ClNO/c16-11-6-7-14-12(8-11)13(17)9-15(18-14)10-4-2-1-3-5-10/h1-2,6-8,10,13,15H,3-5,9,17H2/t10?,13-,15?/m0/s1. The molecule has 3 heteroatoms. The molecule has 3 rings (SSSR count). The van der Waals surface area contributed by atoms with Gasteiger partial charge in [0.05, 0.1) is 0 Å². The zero-order valence-electron chi connectivity index (χ0n) is 10.3. The number of hydrogen-bond acceptors (Lipinski definition) is 2. The summed E-state index contributed by atoms with van der Waals surface area (Å²) in [5.74, 6) is 1.52. The third-order valence-electron chi connectivity index (χ3n) is 3.97. The molecule has 18 heavy (non-hydrogen) atoms. The maximum atomic E-state index is 6.26. The van der Waals surface area contributed by atoms with E-state index in [2.05, 4.69) is 12.2 Å². The van der Waals surface area contributed by atoms with Crippen LogP contribution in [-0.2, 0) is 0 Å². The first-order chi connectivity index (χ1) is 8.74. The van der Waals surface area contributed by atoms with Crippen molar-refractivity contribution in [2.75, 3.05) is 0 Å². The van der Waals surface area contributed by atoms with Crippen molar-refractivity contribution in [3.8, 4) is 5.75 Å². The molecule has 0 saturated carbocycles. The zero-order valence-corrected chi connectivity index (χ0v) is 11.1. The first-order valence-corrected chi connectivity index (χ1v) is 6.98. The van der Waals surface area contributed by atoms with E-state index in [9.17, 15) is 0 Å². The summed E-state index contributed by atoms with van der Waals surface area (Å²) in [5.41, 5.74) is 7.30. The topological polar surface area (TPSA) is 35.2 Å². The Morgan fingerprint density at radius 1 is 1.28 bits per heavy atom. The molecule has 0 radical (unpaired) electrons. The Balaban J connectivity index is 1.82. The van der Waals surface area contributed by atoms with E-state index >= 15 is 0 Å². The summed E-state index contributed by atoms with van der Waals surface area (Å²) < 4.78 is 6.12. The normalized spacial score (nSPS) is 30.7. The number of halogens is 1. The van der Waals surface area contributed by atoms with Crippen LogP contribution in [-0.4, -0.2) is 6.10 Å². The average molecular weight is 264 g/mol. The van der Waals surface area contributed by atoms with Crippen LogP contribution in [0.1, 0.15) is 37.3 Å². The average Bonchev–Trinajstić information content (AvgIpc) is 2.40. The molecular weight excluding hydrogens is 246 g/mol. The molecule has 1 aromatic rings. The number of benzene rings is 1. The molecule has 1 heterocycles. The first-order valence-electron chi connectivity index (χ1n) is 6.61. The number of rotatable bonds is 1. The summed E-state index contributed by atoms with van der Waals surface area (Å²) in [6.45, 7) is 0. The highest BCUT2D eigenvalue weighted by molar-refractivity contribution is 6.30. The van der Waals surface area contributed by atoms with E-state index in [4.69, 9.17) is 22.1 Å². The van der Waals surface area contributed by atoms with Crippen LogP contribution in [0, 0.1) is 5.92 Å². The minimum absolute atomic E-state index is 0.0448. The SMILES string of the molecule is N[C@H]1CC(C2CC=CCC2)Oc2ccc(Cl)cc21. The quantitative estimate of drug-likeness (QED) is 0.781. The van der Waals surface area contributed by atoms with Crippen molar-refractivity contribution >= 4 is 11.6 Å². The molecule has 2 aliphatic rings. The molecule has 0 spiro atoms. The highest BCUT2D eigenvalue weighted by Crippen LogP contribution is 2.39. The number of fused-ring (bicyclic) bond motifs is 1. The van der Waals surface area contributed by atoms with Gasteiger partial charge < -0.3 is 10.5 Å². The summed E-state index contributed by atoms with van der Waals surface area (Å²) in [6.07, 6.45) is 9.14. The fraction of sp³-hybridized carbons (Fsp3) is 0.467. The van der Waals surface area contributed by atoms with E-state index in [1.165, 1.54) is 6.42 Å². The smallest absolute Gasteiger partial charge is 0.124 e. The van der Waals surface area contributed by atoms with Crippen molar-refractivity contribution in [2.24, 2.45) is 11.7 Å². The van der Waals surface area contributed by atoms with Crippen molar-refractivity contribution in [1.29, 1.82) is 0 Å². The van der Waals surface area contributed by atoms with Gasteiger partial charge in [0, 0.05) is 23.0 Å². The molecule has 96 valence electrons. The summed E-state index contributed by atoms with van der Waals surface area (Å²) in [6, 6.07) is 5.79. The second-order valence-electron chi connectivity index (χ2n) is 5.23. The molecule has 0 saturated heterocycles. The van der Waals surface area contributed by atoms with Gasteiger partial charge in [-0.3, -0.25) is 0 Å². The van der Waals surface area contributed by atoms with Crippen molar-refractivity contribution in [2.45, 2.75) is 37.8 Å². The van der Waals surface area contributed by atoms with Crippen LogP contribution in [0.15, 0.2) is 30.4 Å². The minimum Gasteiger partial charge on any atom is -0.490 e. The molecule has 0 aromatic heterocycles. The third-order valence-corrected chi connectivity index (χ3v) is 4.21. The van der Waals surface area contributed by atoms with E-state index in [1.54, 1.807) is 0 Å². The lowest BCUT2D eigenvalue weighted by Gasteiger charge is -2.35. The van der Waals surface area contributed by atoms with Crippen molar-refractivity contribution in [1.82, 2.24) is 0 Å². The number of allylic oxidation sites excluding steroid dienone is 2. The van der Waals surface area contributed by atoms with Crippen molar-refractivity contribution in [3.05, 3.63) is 40.9 Å². The first kappa shape index (κ1) is 12.1. The Morgan fingerprint density at radius 3 is 2.94 bits per heavy atom. The maximum Gasteiger partial charge on any atom is 0.124 e. The van der Waals surface area contributed by atoms with Gasteiger partial charge >= 0.3 is 0 Å². The van der Waals surface area contributed by atoms with Crippen LogP contribution >= 0.6 is 11.6 Å². The van der Waals surface area contributed by atoms with Crippen LogP contribution in [0.25, 0.3) is 0 Å². The Bertz CT molecular complexity index is 472. The maximum absolute atomic E-state index is 6.26. The molecule has 2 nitrogen and oxygen atoms in total. The van der Waals surface area contributed by atoms with Gasteiger partial charge in [-0.2, -0.15) is 0 Å². The minimum atomic E-state index is 0.0448. The predicted octanol–water partition coefficient (Wildman–Crippen LogP) is 3.85. The molecule has 1 aliphatic heterocycles. The largest absolute Gasteiger partial charge is 0.490 e. The van der Waals surface area contributed by atoms with Gasteiger partial charge in [-0.15, -0.1) is 0 Å². The summed E-state index contributed by atoms with van der Waals surface area (Å²) in [5, 5.41) is 0.729. The lowest BCUT2D eigenvalue weighted by atomic mass is 9.84. The lowest BCUT2D eigenvalue weighted by molar-refractivity contribution is 0.0938. The summed E-state index contributed by atoms with van der Waals surface area (Å²) in [7, 11) is 0. The van der Waals surface area contributed by atoms with Crippen LogP contribution in [0.2, 0.25) is 5.02 Å². The molecule has 0 bridgehead atoms. The second-order valence-corrected chi connectivity index (χ2v) is 5.66. The summed E-state index contributed by atoms with van der Waals surface area (Å²) in [4.78, 5) is 0. The highest BCUT2D eigenvalue weighted by Gasteiger charge is 2.31. The van der Waals surface area contributed by atoms with Gasteiger partial charge in [-0.05, 0) is 43.4 Å². The van der Waals surface area contributed by atoms with E-state index in [1.807, 2.05) is 18.2 Å². The molecule has 3 atom stereocenters. The van der Waals surface area contributed by atoms with E-state index < -0.39 is 0 Å². The third kappa shape index (κ3) is 2.27. The summed E-state index contributed by atoms with van der Waals surface area (Å²) >= 11 is 6.01. The number of nitrogens with two attached hydrogens (primary N) is 1. The Kier molecular flexibility index (Phi) is 3.31. The Hall–Kier alpha value is -0.990. The zero-order chi connectivity index (χ0) is 12.5. The van der Waals surface area contributed by atoms with Crippen molar-refractivity contribution < 1.29 is 4.74 Å². The van der Waals surface area contributed by atoms with E-state index in [-0.39, 0.29) is 12.1 Å². The van der Waals surface area contributed by atoms with Crippen LogP contribution in [0.4, 0.5) is 0 Å². The van der Waals surface area contributed by atoms with Crippen LogP contribution in [0.5, 0.6) is 5.75 Å². The van der Waals surface area contributed by atoms with Gasteiger partial charge in [0.2, 0.25) is 0 Å². The Labute approximate surface area is 113 Å². The monoisotopic (exact) mass is 263 g/mol. The fourth-order valence-corrected chi connectivity index (χ4v) is 3.13. The second kappa shape index (κ2) is 4.94. The highest BCUT2D eigenvalue weighted by atomic mass is 35.5. The number of hydrogen-bond donors (Lipinski definition) is 1. The molecular formula is C15H18ClNO. The predicted molar refractivity (Wildman–Crippen MR) is 73.9 cm³/mol. The van der Waals surface area contributed by atoms with Gasteiger partial charge in [0.1, 0.15) is 11.9 Å². The van der Waals surface area contributed by atoms with E-state index in [0.29, 0.717) is 5.92 Å². The van der Waals surface area contributed by atoms with Crippen molar-refractivity contribution in [3.63, 3.8) is 0 Å². The lowest BCUT2D eigenvalue weighted by Crippen LogP contribution is -2.35. The molecule has 1 aromatic carbocycles.